The minimum atomic E-state index is -0.604. The third kappa shape index (κ3) is 3.26. The van der Waals surface area contributed by atoms with E-state index in [-0.39, 0.29) is 18.0 Å². The molecule has 0 radical (unpaired) electrons. The lowest BCUT2D eigenvalue weighted by molar-refractivity contribution is -0.117. The van der Waals surface area contributed by atoms with Gasteiger partial charge in [0.25, 0.3) is 0 Å². The summed E-state index contributed by atoms with van der Waals surface area (Å²) in [7, 11) is 0. The Balaban J connectivity index is 1.57. The lowest BCUT2D eigenvalue weighted by atomic mass is 10.1. The number of hydrogen-bond acceptors (Lipinski definition) is 5. The van der Waals surface area contributed by atoms with Crippen LogP contribution in [0.4, 0.5) is 0 Å². The summed E-state index contributed by atoms with van der Waals surface area (Å²) >= 11 is 1.55. The normalized spacial score (nSPS) is 24.9. The number of nitrogens with zero attached hydrogens (tertiary/aromatic N) is 3. The summed E-state index contributed by atoms with van der Waals surface area (Å²) in [6, 6.07) is -0.264. The molecule has 2 heterocycles. The second kappa shape index (κ2) is 6.41. The van der Waals surface area contributed by atoms with Crippen LogP contribution in [0.25, 0.3) is 6.08 Å². The van der Waals surface area contributed by atoms with E-state index in [1.54, 1.807) is 29.9 Å². The Kier molecular flexibility index (Phi) is 4.35. The summed E-state index contributed by atoms with van der Waals surface area (Å²) in [5.74, 6) is -0.207. The van der Waals surface area contributed by atoms with E-state index in [4.69, 9.17) is 0 Å². The van der Waals surface area contributed by atoms with Crippen LogP contribution in [0.2, 0.25) is 0 Å². The van der Waals surface area contributed by atoms with Crippen molar-refractivity contribution in [3.8, 4) is 0 Å². The predicted octanol–water partition coefficient (Wildman–Crippen LogP) is 1.54. The smallest absolute Gasteiger partial charge is 0.244 e. The van der Waals surface area contributed by atoms with Crippen molar-refractivity contribution in [3.63, 3.8) is 0 Å². The summed E-state index contributed by atoms with van der Waals surface area (Å²) < 4.78 is 1.89. The second-order valence-electron chi connectivity index (χ2n) is 5.38. The first-order chi connectivity index (χ1) is 10.6. The average molecular weight is 318 g/mol. The minimum Gasteiger partial charge on any atom is -0.389 e. The Bertz CT molecular complexity index is 665. The van der Waals surface area contributed by atoms with E-state index in [1.165, 1.54) is 6.08 Å². The molecule has 0 unspecified atom stereocenters. The molecular formula is C15H18N4O2S. The topological polar surface area (TPSA) is 80.0 Å². The number of aliphatic hydroxyl groups excluding tert-OH is 1. The van der Waals surface area contributed by atoms with E-state index in [9.17, 15) is 9.90 Å². The molecule has 0 bridgehead atoms. The molecule has 2 aromatic heterocycles. The average Bonchev–Trinajstić information content (AvgIpc) is 3.20. The van der Waals surface area contributed by atoms with Crippen LogP contribution in [-0.4, -0.2) is 37.7 Å². The van der Waals surface area contributed by atoms with Gasteiger partial charge in [0.1, 0.15) is 0 Å². The maximum Gasteiger partial charge on any atom is 0.244 e. The van der Waals surface area contributed by atoms with Gasteiger partial charge in [0, 0.05) is 23.8 Å². The van der Waals surface area contributed by atoms with E-state index >= 15 is 0 Å². The molecule has 0 saturated heterocycles. The highest BCUT2D eigenvalue weighted by molar-refractivity contribution is 7.09. The number of hydrogen-bond donors (Lipinski definition) is 2. The number of aromatic nitrogens is 3. The number of carbonyl (C=O) groups is 1. The van der Waals surface area contributed by atoms with E-state index in [0.717, 1.165) is 23.5 Å². The molecule has 3 atom stereocenters. The van der Waals surface area contributed by atoms with Crippen molar-refractivity contribution in [1.82, 2.24) is 19.9 Å². The Hall–Kier alpha value is -1.99. The number of thiazole rings is 1. The van der Waals surface area contributed by atoms with E-state index in [1.807, 2.05) is 23.1 Å². The summed E-state index contributed by atoms with van der Waals surface area (Å²) in [6.07, 6.45) is 9.34. The monoisotopic (exact) mass is 318 g/mol. The SMILES string of the molecule is Cc1nc(C=CC(=O)N[C@@H]2CC[C@@H](n3ccnc3)[C@@H]2O)cs1. The molecule has 2 N–H and O–H groups in total. The number of aliphatic hydroxyl groups is 1. The van der Waals surface area contributed by atoms with Gasteiger partial charge in [0.05, 0.1) is 35.2 Å². The van der Waals surface area contributed by atoms with E-state index < -0.39 is 6.10 Å². The molecule has 2 aromatic rings. The van der Waals surface area contributed by atoms with Crippen LogP contribution in [0.5, 0.6) is 0 Å². The van der Waals surface area contributed by atoms with Crippen molar-refractivity contribution >= 4 is 23.3 Å². The van der Waals surface area contributed by atoms with Crippen LogP contribution in [0.1, 0.15) is 29.6 Å². The maximum atomic E-state index is 12.0. The van der Waals surface area contributed by atoms with Crippen LogP contribution in [0.15, 0.2) is 30.2 Å². The second-order valence-corrected chi connectivity index (χ2v) is 6.45. The van der Waals surface area contributed by atoms with Crippen molar-refractivity contribution in [2.45, 2.75) is 38.0 Å². The number of imidazole rings is 1. The van der Waals surface area contributed by atoms with Crippen LogP contribution < -0.4 is 5.32 Å². The molecule has 0 aromatic carbocycles. The van der Waals surface area contributed by atoms with Gasteiger partial charge in [-0.25, -0.2) is 9.97 Å². The highest BCUT2D eigenvalue weighted by atomic mass is 32.1. The highest BCUT2D eigenvalue weighted by Gasteiger charge is 2.36. The Morgan fingerprint density at radius 2 is 2.41 bits per heavy atom. The van der Waals surface area contributed by atoms with Crippen molar-refractivity contribution in [3.05, 3.63) is 40.9 Å². The van der Waals surface area contributed by atoms with Crippen molar-refractivity contribution in [2.24, 2.45) is 0 Å². The molecule has 1 aliphatic rings. The van der Waals surface area contributed by atoms with Gasteiger partial charge in [-0.1, -0.05) is 0 Å². The molecule has 116 valence electrons. The third-order valence-electron chi connectivity index (χ3n) is 3.86. The molecule has 0 spiro atoms. The lowest BCUT2D eigenvalue weighted by Crippen LogP contribution is -2.41. The van der Waals surface area contributed by atoms with Gasteiger partial charge in [-0.05, 0) is 25.8 Å². The third-order valence-corrected chi connectivity index (χ3v) is 4.65. The first-order valence-electron chi connectivity index (χ1n) is 7.19. The molecule has 22 heavy (non-hydrogen) atoms. The molecule has 1 aliphatic carbocycles. The molecule has 0 aliphatic heterocycles. The van der Waals surface area contributed by atoms with Crippen LogP contribution in [-0.2, 0) is 4.79 Å². The molecule has 1 amide bonds. The van der Waals surface area contributed by atoms with Crippen LogP contribution in [0, 0.1) is 6.92 Å². The fraction of sp³-hybridized carbons (Fsp3) is 0.400. The van der Waals surface area contributed by atoms with Gasteiger partial charge >= 0.3 is 0 Å². The molecule has 6 nitrogen and oxygen atoms in total. The Morgan fingerprint density at radius 1 is 1.55 bits per heavy atom. The van der Waals surface area contributed by atoms with Gasteiger partial charge in [-0.2, -0.15) is 0 Å². The van der Waals surface area contributed by atoms with Crippen molar-refractivity contribution in [2.75, 3.05) is 0 Å². The van der Waals surface area contributed by atoms with Crippen molar-refractivity contribution < 1.29 is 9.90 Å². The maximum absolute atomic E-state index is 12.0. The Morgan fingerprint density at radius 3 is 3.09 bits per heavy atom. The molecule has 1 fully saturated rings. The van der Waals surface area contributed by atoms with Crippen molar-refractivity contribution in [1.29, 1.82) is 0 Å². The zero-order valence-electron chi connectivity index (χ0n) is 12.2. The number of nitrogens with one attached hydrogen (secondary N) is 1. The minimum absolute atomic E-state index is 0.0297. The zero-order chi connectivity index (χ0) is 15.5. The summed E-state index contributed by atoms with van der Waals surface area (Å²) in [6.45, 7) is 1.92. The molecule has 3 rings (SSSR count). The number of aryl methyl sites for hydroxylation is 1. The van der Waals surface area contributed by atoms with Gasteiger partial charge in [-0.3, -0.25) is 4.79 Å². The first kappa shape index (κ1) is 14.9. The first-order valence-corrected chi connectivity index (χ1v) is 8.07. The Labute approximate surface area is 132 Å². The number of carbonyl (C=O) groups excluding carboxylic acids is 1. The number of amides is 1. The number of rotatable bonds is 4. The lowest BCUT2D eigenvalue weighted by Gasteiger charge is -2.20. The zero-order valence-corrected chi connectivity index (χ0v) is 13.0. The summed E-state index contributed by atoms with van der Waals surface area (Å²) in [4.78, 5) is 20.2. The van der Waals surface area contributed by atoms with Gasteiger partial charge in [-0.15, -0.1) is 11.3 Å². The van der Waals surface area contributed by atoms with Crippen LogP contribution in [0.3, 0.4) is 0 Å². The molecule has 7 heteroatoms. The fourth-order valence-corrected chi connectivity index (χ4v) is 3.34. The molecule has 1 saturated carbocycles. The highest BCUT2D eigenvalue weighted by Crippen LogP contribution is 2.30. The predicted molar refractivity (Wildman–Crippen MR) is 84.3 cm³/mol. The van der Waals surface area contributed by atoms with Gasteiger partial charge in [0.2, 0.25) is 5.91 Å². The van der Waals surface area contributed by atoms with Gasteiger partial charge < -0.3 is 15.0 Å². The quantitative estimate of drug-likeness (QED) is 0.838. The van der Waals surface area contributed by atoms with E-state index in [0.29, 0.717) is 0 Å². The van der Waals surface area contributed by atoms with Gasteiger partial charge in [0.15, 0.2) is 0 Å². The van der Waals surface area contributed by atoms with E-state index in [2.05, 4.69) is 15.3 Å². The largest absolute Gasteiger partial charge is 0.389 e. The van der Waals surface area contributed by atoms with Crippen LogP contribution >= 0.6 is 11.3 Å². The standard InChI is InChI=1S/C15H18N4O2S/c1-10-17-11(8-22-10)2-5-14(20)18-12-3-4-13(15(12)21)19-7-6-16-9-19/h2,5-9,12-13,15,21H,3-4H2,1H3,(H,18,20)/t12-,13-,15-/m1/s1. The molecular weight excluding hydrogens is 300 g/mol. The summed E-state index contributed by atoms with van der Waals surface area (Å²) in [5, 5.41) is 16.1. The summed E-state index contributed by atoms with van der Waals surface area (Å²) in [5.41, 5.74) is 0.779. The fourth-order valence-electron chi connectivity index (χ4n) is 2.76.